The van der Waals surface area contributed by atoms with Gasteiger partial charge in [-0.1, -0.05) is 38.3 Å². The minimum atomic E-state index is 0.483. The first-order valence-corrected chi connectivity index (χ1v) is 8.02. The number of benzene rings is 1. The van der Waals surface area contributed by atoms with Gasteiger partial charge in [-0.3, -0.25) is 5.10 Å². The molecule has 0 amide bonds. The third-order valence-electron chi connectivity index (χ3n) is 3.26. The van der Waals surface area contributed by atoms with Crippen LogP contribution in [0.4, 0.5) is 0 Å². The molecule has 1 N–H and O–H groups in total. The molecule has 0 unspecified atom stereocenters. The summed E-state index contributed by atoms with van der Waals surface area (Å²) >= 11 is 5.11. The molecule has 22 heavy (non-hydrogen) atoms. The zero-order chi connectivity index (χ0) is 15.8. The van der Waals surface area contributed by atoms with Gasteiger partial charge < -0.3 is 4.74 Å². The molecule has 118 valence electrons. The van der Waals surface area contributed by atoms with Gasteiger partial charge in [-0.2, -0.15) is 14.9 Å². The first kappa shape index (κ1) is 16.4. The van der Waals surface area contributed by atoms with Crippen molar-refractivity contribution in [3.05, 3.63) is 40.4 Å². The van der Waals surface area contributed by atoms with Gasteiger partial charge in [-0.25, -0.2) is 0 Å². The van der Waals surface area contributed by atoms with Crippen LogP contribution in [-0.2, 0) is 0 Å². The smallest absolute Gasteiger partial charge is 0.216 e. The van der Waals surface area contributed by atoms with Crippen molar-refractivity contribution >= 4 is 18.4 Å². The van der Waals surface area contributed by atoms with Crippen LogP contribution in [0.15, 0.2) is 29.4 Å². The Morgan fingerprint density at radius 3 is 2.95 bits per heavy atom. The summed E-state index contributed by atoms with van der Waals surface area (Å²) in [6.45, 7) is 4.81. The third kappa shape index (κ3) is 4.80. The lowest BCUT2D eigenvalue weighted by Crippen LogP contribution is -1.98. The molecule has 6 heteroatoms. The standard InChI is InChI=1S/C16H22N4OS/c1-3-4-5-6-10-21-15-9-7-8-14(11-15)12-17-20-13(2)18-19-16(20)22/h7-9,11-12H,3-6,10H2,1-2H3,(H,19,22)/b17-12+. The Kier molecular flexibility index (Phi) is 6.33. The predicted molar refractivity (Wildman–Crippen MR) is 91.2 cm³/mol. The Morgan fingerprint density at radius 1 is 1.36 bits per heavy atom. The van der Waals surface area contributed by atoms with Crippen molar-refractivity contribution in [1.29, 1.82) is 0 Å². The molecule has 0 bridgehead atoms. The molecule has 1 aromatic carbocycles. The monoisotopic (exact) mass is 318 g/mol. The van der Waals surface area contributed by atoms with Crippen molar-refractivity contribution in [2.24, 2.45) is 5.10 Å². The summed E-state index contributed by atoms with van der Waals surface area (Å²) in [5, 5.41) is 11.1. The van der Waals surface area contributed by atoms with Crippen molar-refractivity contribution in [2.45, 2.75) is 39.5 Å². The molecule has 5 nitrogen and oxygen atoms in total. The maximum Gasteiger partial charge on any atom is 0.216 e. The molecule has 1 aromatic heterocycles. The summed E-state index contributed by atoms with van der Waals surface area (Å²) in [6.07, 6.45) is 6.57. The number of aryl methyl sites for hydroxylation is 1. The maximum absolute atomic E-state index is 5.77. The van der Waals surface area contributed by atoms with E-state index in [4.69, 9.17) is 17.0 Å². The van der Waals surface area contributed by atoms with Crippen molar-refractivity contribution in [3.63, 3.8) is 0 Å². The largest absolute Gasteiger partial charge is 0.494 e. The highest BCUT2D eigenvalue weighted by atomic mass is 32.1. The van der Waals surface area contributed by atoms with E-state index in [-0.39, 0.29) is 0 Å². The summed E-state index contributed by atoms with van der Waals surface area (Å²) in [6, 6.07) is 7.88. The zero-order valence-corrected chi connectivity index (χ0v) is 13.9. The van der Waals surface area contributed by atoms with Crippen molar-refractivity contribution in [2.75, 3.05) is 6.61 Å². The van der Waals surface area contributed by atoms with E-state index in [2.05, 4.69) is 22.2 Å². The van der Waals surface area contributed by atoms with E-state index in [9.17, 15) is 0 Å². The number of aromatic amines is 1. The molecule has 0 atom stereocenters. The highest BCUT2D eigenvalue weighted by Crippen LogP contribution is 2.13. The van der Waals surface area contributed by atoms with Crippen LogP contribution in [0.3, 0.4) is 0 Å². The first-order valence-electron chi connectivity index (χ1n) is 7.62. The molecular weight excluding hydrogens is 296 g/mol. The molecule has 0 saturated heterocycles. The van der Waals surface area contributed by atoms with Crippen LogP contribution in [0, 0.1) is 11.7 Å². The number of nitrogens with one attached hydrogen (secondary N) is 1. The molecule has 0 radical (unpaired) electrons. The Labute approximate surface area is 136 Å². The average molecular weight is 318 g/mol. The molecule has 0 saturated carbocycles. The summed E-state index contributed by atoms with van der Waals surface area (Å²) < 4.78 is 7.84. The van der Waals surface area contributed by atoms with E-state index < -0.39 is 0 Å². The van der Waals surface area contributed by atoms with E-state index in [0.29, 0.717) is 4.77 Å². The summed E-state index contributed by atoms with van der Waals surface area (Å²) in [4.78, 5) is 0. The van der Waals surface area contributed by atoms with Gasteiger partial charge in [-0.05, 0) is 43.3 Å². The van der Waals surface area contributed by atoms with Gasteiger partial charge in [0, 0.05) is 0 Å². The Hall–Kier alpha value is -1.95. The fourth-order valence-electron chi connectivity index (χ4n) is 2.03. The van der Waals surface area contributed by atoms with Crippen LogP contribution >= 0.6 is 12.2 Å². The van der Waals surface area contributed by atoms with Gasteiger partial charge in [-0.15, -0.1) is 0 Å². The van der Waals surface area contributed by atoms with E-state index >= 15 is 0 Å². The molecule has 0 aliphatic carbocycles. The van der Waals surface area contributed by atoms with Crippen LogP contribution < -0.4 is 4.74 Å². The van der Waals surface area contributed by atoms with E-state index in [1.54, 1.807) is 10.9 Å². The number of H-pyrrole nitrogens is 1. The van der Waals surface area contributed by atoms with Gasteiger partial charge in [0.2, 0.25) is 4.77 Å². The number of aromatic nitrogens is 3. The molecular formula is C16H22N4OS. The second-order valence-corrected chi connectivity index (χ2v) is 5.50. The second kappa shape index (κ2) is 8.48. The predicted octanol–water partition coefficient (Wildman–Crippen LogP) is 4.09. The molecule has 2 rings (SSSR count). The fraction of sp³-hybridized carbons (Fsp3) is 0.438. The Balaban J connectivity index is 1.95. The maximum atomic E-state index is 5.77. The van der Waals surface area contributed by atoms with Gasteiger partial charge in [0.05, 0.1) is 12.8 Å². The molecule has 0 aliphatic heterocycles. The Morgan fingerprint density at radius 2 is 2.23 bits per heavy atom. The quantitative estimate of drug-likeness (QED) is 0.453. The first-order chi connectivity index (χ1) is 10.7. The number of hydrogen-bond donors (Lipinski definition) is 1. The number of hydrogen-bond acceptors (Lipinski definition) is 4. The number of unbranched alkanes of at least 4 members (excludes halogenated alkanes) is 3. The average Bonchev–Trinajstić information content (AvgIpc) is 2.84. The van der Waals surface area contributed by atoms with E-state index in [1.165, 1.54) is 19.3 Å². The molecule has 0 fully saturated rings. The third-order valence-corrected chi connectivity index (χ3v) is 3.52. The van der Waals surface area contributed by atoms with E-state index in [1.807, 2.05) is 31.2 Å². The lowest BCUT2D eigenvalue weighted by molar-refractivity contribution is 0.305. The molecule has 0 spiro atoms. The summed E-state index contributed by atoms with van der Waals surface area (Å²) in [5.74, 6) is 1.59. The van der Waals surface area contributed by atoms with Crippen LogP contribution in [-0.4, -0.2) is 27.7 Å². The van der Waals surface area contributed by atoms with Crippen molar-refractivity contribution in [1.82, 2.24) is 14.9 Å². The number of nitrogens with zero attached hydrogens (tertiary/aromatic N) is 3. The fourth-order valence-corrected chi connectivity index (χ4v) is 2.26. The molecule has 2 aromatic rings. The van der Waals surface area contributed by atoms with Gasteiger partial charge >= 0.3 is 0 Å². The summed E-state index contributed by atoms with van der Waals surface area (Å²) in [5.41, 5.74) is 0.966. The zero-order valence-electron chi connectivity index (χ0n) is 13.1. The van der Waals surface area contributed by atoms with Gasteiger partial charge in [0.1, 0.15) is 11.6 Å². The summed E-state index contributed by atoms with van der Waals surface area (Å²) in [7, 11) is 0. The van der Waals surface area contributed by atoms with Crippen LogP contribution in [0.25, 0.3) is 0 Å². The van der Waals surface area contributed by atoms with Crippen LogP contribution in [0.1, 0.15) is 44.0 Å². The van der Waals surface area contributed by atoms with Crippen LogP contribution in [0.2, 0.25) is 0 Å². The van der Waals surface area contributed by atoms with Gasteiger partial charge in [0.15, 0.2) is 0 Å². The molecule has 1 heterocycles. The SMILES string of the molecule is CCCCCCOc1cccc(/C=N/n2c(C)n[nH]c2=S)c1. The van der Waals surface area contributed by atoms with Crippen LogP contribution in [0.5, 0.6) is 5.75 Å². The second-order valence-electron chi connectivity index (χ2n) is 5.11. The van der Waals surface area contributed by atoms with Crippen molar-refractivity contribution < 1.29 is 4.74 Å². The molecule has 0 aliphatic rings. The minimum absolute atomic E-state index is 0.483. The topological polar surface area (TPSA) is 55.2 Å². The number of rotatable bonds is 8. The lowest BCUT2D eigenvalue weighted by atomic mass is 10.2. The van der Waals surface area contributed by atoms with Gasteiger partial charge in [0.25, 0.3) is 0 Å². The lowest BCUT2D eigenvalue weighted by Gasteiger charge is -2.06. The normalized spacial score (nSPS) is 11.2. The van der Waals surface area contributed by atoms with E-state index in [0.717, 1.165) is 30.2 Å². The minimum Gasteiger partial charge on any atom is -0.494 e. The highest BCUT2D eigenvalue weighted by molar-refractivity contribution is 7.71. The Bertz CT molecular complexity index is 675. The van der Waals surface area contributed by atoms with Crippen molar-refractivity contribution in [3.8, 4) is 5.75 Å². The number of ether oxygens (including phenoxy) is 1. The highest BCUT2D eigenvalue weighted by Gasteiger charge is 1.99.